The Hall–Kier alpha value is -2.99. The zero-order valence-corrected chi connectivity index (χ0v) is 12.8. The van der Waals surface area contributed by atoms with Crippen molar-refractivity contribution >= 4 is 39.7 Å². The van der Waals surface area contributed by atoms with Gasteiger partial charge in [0.25, 0.3) is 0 Å². The molecule has 3 aromatic heterocycles. The van der Waals surface area contributed by atoms with Gasteiger partial charge in [0.2, 0.25) is 4.77 Å². The molecule has 2 N–H and O–H groups in total. The second kappa shape index (κ2) is 4.50. The lowest BCUT2D eigenvalue weighted by atomic mass is 10.2. The molecule has 0 saturated carbocycles. The van der Waals surface area contributed by atoms with Gasteiger partial charge in [-0.1, -0.05) is 30.3 Å². The number of fused-ring (bicyclic) bond motifs is 4. The normalized spacial score (nSPS) is 11.7. The Bertz CT molecular complexity index is 1210. The second-order valence-electron chi connectivity index (χ2n) is 5.41. The maximum absolute atomic E-state index is 5.38. The fraction of sp³-hybridized carbons (Fsp3) is 0. The average Bonchev–Trinajstić information content (AvgIpc) is 3.19. The minimum atomic E-state index is 0.466. The molecule has 0 spiro atoms. The highest BCUT2D eigenvalue weighted by Crippen LogP contribution is 2.24. The predicted molar refractivity (Wildman–Crippen MR) is 93.0 cm³/mol. The lowest BCUT2D eigenvalue weighted by molar-refractivity contribution is 0.917. The number of hydrogen-bond donors (Lipinski definition) is 2. The Kier molecular flexibility index (Phi) is 2.46. The molecule has 6 heteroatoms. The summed E-state index contributed by atoms with van der Waals surface area (Å²) in [5.74, 6) is 0.741. The van der Waals surface area contributed by atoms with E-state index >= 15 is 0 Å². The largest absolute Gasteiger partial charge is 0.352 e. The Morgan fingerprint density at radius 2 is 1.78 bits per heavy atom. The molecular weight excluding hydrogens is 306 g/mol. The van der Waals surface area contributed by atoms with Crippen LogP contribution in [0.1, 0.15) is 0 Å². The van der Waals surface area contributed by atoms with Crippen LogP contribution in [-0.2, 0) is 0 Å². The van der Waals surface area contributed by atoms with Crippen LogP contribution in [0.5, 0.6) is 0 Å². The van der Waals surface area contributed by atoms with E-state index in [1.54, 1.807) is 4.52 Å². The number of nitrogens with zero attached hydrogens (tertiary/aromatic N) is 3. The number of aromatic amines is 2. The first-order valence-corrected chi connectivity index (χ1v) is 7.66. The van der Waals surface area contributed by atoms with E-state index in [2.05, 4.69) is 27.2 Å². The highest BCUT2D eigenvalue weighted by molar-refractivity contribution is 7.71. The number of nitrogens with one attached hydrogen (secondary N) is 2. The van der Waals surface area contributed by atoms with Crippen LogP contribution in [-0.4, -0.2) is 24.6 Å². The summed E-state index contributed by atoms with van der Waals surface area (Å²) >= 11 is 5.38. The molecule has 2 aromatic carbocycles. The van der Waals surface area contributed by atoms with E-state index in [0.29, 0.717) is 4.77 Å². The average molecular weight is 317 g/mol. The number of rotatable bonds is 1. The van der Waals surface area contributed by atoms with Crippen LogP contribution in [0.4, 0.5) is 0 Å². The molecule has 0 amide bonds. The number of aromatic nitrogens is 5. The first-order chi connectivity index (χ1) is 11.3. The first-order valence-electron chi connectivity index (χ1n) is 7.25. The molecule has 23 heavy (non-hydrogen) atoms. The number of para-hydroxylation sites is 2. The number of H-pyrrole nitrogens is 2. The predicted octanol–water partition coefficient (Wildman–Crippen LogP) is 4.09. The summed E-state index contributed by atoms with van der Waals surface area (Å²) in [6, 6.07) is 18.1. The van der Waals surface area contributed by atoms with Gasteiger partial charge in [-0.05, 0) is 36.5 Å². The van der Waals surface area contributed by atoms with Crippen LogP contribution >= 0.6 is 12.2 Å². The third-order valence-corrected chi connectivity index (χ3v) is 4.26. The van der Waals surface area contributed by atoms with Gasteiger partial charge >= 0.3 is 0 Å². The summed E-state index contributed by atoms with van der Waals surface area (Å²) in [6.07, 6.45) is 0. The van der Waals surface area contributed by atoms with E-state index in [4.69, 9.17) is 17.2 Å². The van der Waals surface area contributed by atoms with Crippen molar-refractivity contribution in [2.45, 2.75) is 0 Å². The van der Waals surface area contributed by atoms with E-state index in [1.165, 1.54) is 0 Å². The SMILES string of the molecule is S=c1nc2ccccc2c2nc(-c3cc4ccccc4[nH]3)[nH]n12. The lowest BCUT2D eigenvalue weighted by Gasteiger charge is -1.97. The second-order valence-corrected chi connectivity index (χ2v) is 5.78. The van der Waals surface area contributed by atoms with Crippen LogP contribution in [0.25, 0.3) is 39.0 Å². The zero-order valence-electron chi connectivity index (χ0n) is 11.9. The summed E-state index contributed by atoms with van der Waals surface area (Å²) in [4.78, 5) is 12.6. The molecule has 0 saturated heterocycles. The fourth-order valence-corrected chi connectivity index (χ4v) is 3.12. The first kappa shape index (κ1) is 12.5. The fourth-order valence-electron chi connectivity index (χ4n) is 2.89. The molecule has 5 nitrogen and oxygen atoms in total. The molecule has 0 aliphatic rings. The minimum absolute atomic E-state index is 0.466. The summed E-state index contributed by atoms with van der Waals surface area (Å²) < 4.78 is 2.21. The van der Waals surface area contributed by atoms with E-state index < -0.39 is 0 Å². The molecule has 0 unspecified atom stereocenters. The molecular formula is C17H11N5S. The molecule has 0 atom stereocenters. The van der Waals surface area contributed by atoms with Gasteiger partial charge in [0.1, 0.15) is 0 Å². The lowest BCUT2D eigenvalue weighted by Crippen LogP contribution is -1.94. The van der Waals surface area contributed by atoms with Crippen LogP contribution in [0.3, 0.4) is 0 Å². The van der Waals surface area contributed by atoms with E-state index in [1.807, 2.05) is 42.5 Å². The van der Waals surface area contributed by atoms with Gasteiger partial charge in [-0.15, -0.1) is 0 Å². The number of benzene rings is 2. The summed E-state index contributed by atoms with van der Waals surface area (Å²) in [6.45, 7) is 0. The standard InChI is InChI=1S/C17H11N5S/c23-17-19-13-8-4-2-6-11(13)16-20-15(21-22(16)17)14-9-10-5-1-3-7-12(10)18-14/h1-9,18H,(H,20,21). The highest BCUT2D eigenvalue weighted by Gasteiger charge is 2.11. The molecule has 110 valence electrons. The number of hydrogen-bond acceptors (Lipinski definition) is 3. The molecule has 0 fully saturated rings. The zero-order chi connectivity index (χ0) is 15.4. The molecule has 5 rings (SSSR count). The molecule has 3 heterocycles. The third-order valence-electron chi connectivity index (χ3n) is 3.98. The van der Waals surface area contributed by atoms with Crippen LogP contribution in [0.15, 0.2) is 54.6 Å². The Morgan fingerprint density at radius 3 is 2.70 bits per heavy atom. The monoisotopic (exact) mass is 317 g/mol. The quantitative estimate of drug-likeness (QED) is 0.458. The van der Waals surface area contributed by atoms with Crippen molar-refractivity contribution in [3.63, 3.8) is 0 Å². The Labute approximate surface area is 135 Å². The minimum Gasteiger partial charge on any atom is -0.352 e. The van der Waals surface area contributed by atoms with Crippen LogP contribution < -0.4 is 0 Å². The Morgan fingerprint density at radius 1 is 0.957 bits per heavy atom. The van der Waals surface area contributed by atoms with Crippen LogP contribution in [0, 0.1) is 4.77 Å². The topological polar surface area (TPSA) is 61.8 Å². The highest BCUT2D eigenvalue weighted by atomic mass is 32.1. The maximum atomic E-state index is 5.38. The van der Waals surface area contributed by atoms with E-state index in [9.17, 15) is 0 Å². The van der Waals surface area contributed by atoms with Gasteiger partial charge in [-0.3, -0.25) is 5.10 Å². The molecule has 0 bridgehead atoms. The molecule has 0 aliphatic carbocycles. The maximum Gasteiger partial charge on any atom is 0.221 e. The smallest absolute Gasteiger partial charge is 0.221 e. The van der Waals surface area contributed by atoms with Gasteiger partial charge in [0.05, 0.1) is 11.2 Å². The van der Waals surface area contributed by atoms with Crippen molar-refractivity contribution in [2.24, 2.45) is 0 Å². The van der Waals surface area contributed by atoms with E-state index in [-0.39, 0.29) is 0 Å². The van der Waals surface area contributed by atoms with E-state index in [0.717, 1.165) is 39.0 Å². The van der Waals surface area contributed by atoms with Crippen molar-refractivity contribution in [1.29, 1.82) is 0 Å². The van der Waals surface area contributed by atoms with Gasteiger partial charge in [-0.2, -0.15) is 0 Å². The summed E-state index contributed by atoms with van der Waals surface area (Å²) in [7, 11) is 0. The molecule has 0 radical (unpaired) electrons. The van der Waals surface area contributed by atoms with Gasteiger partial charge in [-0.25, -0.2) is 14.5 Å². The third kappa shape index (κ3) is 1.82. The van der Waals surface area contributed by atoms with Gasteiger partial charge in [0, 0.05) is 16.3 Å². The van der Waals surface area contributed by atoms with Gasteiger partial charge < -0.3 is 4.98 Å². The van der Waals surface area contributed by atoms with Crippen molar-refractivity contribution in [3.05, 3.63) is 59.4 Å². The van der Waals surface area contributed by atoms with Crippen molar-refractivity contribution in [2.75, 3.05) is 0 Å². The van der Waals surface area contributed by atoms with Crippen LogP contribution in [0.2, 0.25) is 0 Å². The van der Waals surface area contributed by atoms with Crippen molar-refractivity contribution < 1.29 is 0 Å². The van der Waals surface area contributed by atoms with Gasteiger partial charge in [0.15, 0.2) is 11.5 Å². The van der Waals surface area contributed by atoms with Crippen molar-refractivity contribution in [1.82, 2.24) is 24.6 Å². The summed E-state index contributed by atoms with van der Waals surface area (Å²) in [5, 5.41) is 5.36. The molecule has 0 aliphatic heterocycles. The Balaban J connectivity index is 1.84. The van der Waals surface area contributed by atoms with Crippen molar-refractivity contribution in [3.8, 4) is 11.5 Å². The molecule has 5 aromatic rings. The summed E-state index contributed by atoms with van der Waals surface area (Å²) in [5.41, 5.74) is 3.64.